The van der Waals surface area contributed by atoms with Gasteiger partial charge in [0.05, 0.1) is 41.4 Å². The Morgan fingerprint density at radius 3 is 2.79 bits per heavy atom. The first kappa shape index (κ1) is 19.5. The van der Waals surface area contributed by atoms with Crippen LogP contribution in [0.5, 0.6) is 11.5 Å². The van der Waals surface area contributed by atoms with Crippen LogP contribution in [0.1, 0.15) is 11.4 Å². The number of aromatic amines is 1. The van der Waals surface area contributed by atoms with Gasteiger partial charge < -0.3 is 24.5 Å². The van der Waals surface area contributed by atoms with Crippen LogP contribution in [0.15, 0.2) is 40.9 Å². The molecule has 1 aliphatic rings. The minimum atomic E-state index is -0.129. The Balaban J connectivity index is 1.82. The van der Waals surface area contributed by atoms with Gasteiger partial charge in [0.2, 0.25) is 0 Å². The van der Waals surface area contributed by atoms with Gasteiger partial charge in [-0.05, 0) is 51.8 Å². The molecule has 2 N–H and O–H groups in total. The molecule has 2 aromatic carbocycles. The molecule has 0 bridgehead atoms. The molecule has 4 rings (SSSR count). The topological polar surface area (TPSA) is 87.7 Å². The molecule has 0 unspecified atom stereocenters. The van der Waals surface area contributed by atoms with Gasteiger partial charge in [-0.1, -0.05) is 12.1 Å². The molecule has 1 amide bonds. The zero-order valence-corrected chi connectivity index (χ0v) is 17.4. The molecule has 8 heteroatoms. The summed E-state index contributed by atoms with van der Waals surface area (Å²) in [6, 6.07) is 11.0. The van der Waals surface area contributed by atoms with E-state index >= 15 is 0 Å². The third kappa shape index (κ3) is 3.99. The Kier molecular flexibility index (Phi) is 5.55. The summed E-state index contributed by atoms with van der Waals surface area (Å²) in [5.41, 5.74) is 2.77. The van der Waals surface area contributed by atoms with Crippen LogP contribution >= 0.6 is 15.9 Å². The number of amides is 1. The Labute approximate surface area is 176 Å². The average Bonchev–Trinajstić information content (AvgIpc) is 3.18. The molecular formula is C21H20BrN3O4. The highest BCUT2D eigenvalue weighted by molar-refractivity contribution is 9.10. The second-order valence-electron chi connectivity index (χ2n) is 6.62. The molecule has 1 aliphatic heterocycles. The Hall–Kier alpha value is -2.84. The number of imidazole rings is 1. The number of hydrogen-bond donors (Lipinski definition) is 2. The number of para-hydroxylation sites is 2. The standard InChI is InChI=1S/C21H20BrN3O4/c1-28-18-12-13(11-15(22)19(18)26)10-14(21(27)25-6-8-29-9-7-25)20-23-16-4-2-3-5-17(16)24-20/h2-5,10-12,26H,6-9H2,1H3,(H,23,24). The number of hydrogen-bond acceptors (Lipinski definition) is 5. The number of H-pyrrole nitrogens is 1. The molecule has 1 saturated heterocycles. The number of methoxy groups -OCH3 is 1. The summed E-state index contributed by atoms with van der Waals surface area (Å²) in [7, 11) is 1.48. The fourth-order valence-electron chi connectivity index (χ4n) is 3.25. The lowest BCUT2D eigenvalue weighted by molar-refractivity contribution is -0.128. The number of fused-ring (bicyclic) bond motifs is 1. The zero-order valence-electron chi connectivity index (χ0n) is 15.8. The number of phenols is 1. The number of halogens is 1. The van der Waals surface area contributed by atoms with Gasteiger partial charge in [0, 0.05) is 13.1 Å². The minimum absolute atomic E-state index is 0.00874. The second kappa shape index (κ2) is 8.26. The molecule has 1 fully saturated rings. The lowest BCUT2D eigenvalue weighted by Crippen LogP contribution is -2.41. The van der Waals surface area contributed by atoms with E-state index in [9.17, 15) is 9.90 Å². The number of aromatic nitrogens is 2. The molecular weight excluding hydrogens is 438 g/mol. The molecule has 7 nitrogen and oxygen atoms in total. The molecule has 0 radical (unpaired) electrons. The van der Waals surface area contributed by atoms with Crippen molar-refractivity contribution in [1.29, 1.82) is 0 Å². The van der Waals surface area contributed by atoms with E-state index in [4.69, 9.17) is 9.47 Å². The van der Waals surface area contributed by atoms with Crippen molar-refractivity contribution >= 4 is 44.5 Å². The van der Waals surface area contributed by atoms with Crippen LogP contribution in [0.2, 0.25) is 0 Å². The predicted molar refractivity (Wildman–Crippen MR) is 114 cm³/mol. The summed E-state index contributed by atoms with van der Waals surface area (Å²) >= 11 is 3.33. The maximum Gasteiger partial charge on any atom is 0.257 e. The SMILES string of the molecule is COc1cc(C=C(C(=O)N2CCOCC2)c2nc3ccccc3[nH]2)cc(Br)c1O. The third-order valence-electron chi connectivity index (χ3n) is 4.75. The van der Waals surface area contributed by atoms with Crippen LogP contribution in [-0.2, 0) is 9.53 Å². The van der Waals surface area contributed by atoms with Gasteiger partial charge in [-0.2, -0.15) is 0 Å². The normalized spacial score (nSPS) is 15.0. The largest absolute Gasteiger partial charge is 0.503 e. The van der Waals surface area contributed by atoms with E-state index < -0.39 is 0 Å². The maximum absolute atomic E-state index is 13.3. The number of phenolic OH excluding ortho intramolecular Hbond substituents is 1. The van der Waals surface area contributed by atoms with Crippen molar-refractivity contribution in [1.82, 2.24) is 14.9 Å². The first-order chi connectivity index (χ1) is 14.1. The van der Waals surface area contributed by atoms with Crippen molar-refractivity contribution in [2.24, 2.45) is 0 Å². The van der Waals surface area contributed by atoms with E-state index in [0.717, 1.165) is 11.0 Å². The van der Waals surface area contributed by atoms with Gasteiger partial charge in [0.1, 0.15) is 5.82 Å². The monoisotopic (exact) mass is 457 g/mol. The van der Waals surface area contributed by atoms with Crippen LogP contribution in [0.3, 0.4) is 0 Å². The first-order valence-electron chi connectivity index (χ1n) is 9.17. The van der Waals surface area contributed by atoms with E-state index in [1.165, 1.54) is 7.11 Å². The smallest absolute Gasteiger partial charge is 0.257 e. The van der Waals surface area contributed by atoms with Gasteiger partial charge in [0.15, 0.2) is 11.5 Å². The lowest BCUT2D eigenvalue weighted by atomic mass is 10.1. The zero-order chi connectivity index (χ0) is 20.4. The molecule has 29 heavy (non-hydrogen) atoms. The number of benzene rings is 2. The number of rotatable bonds is 4. The molecule has 0 saturated carbocycles. The number of nitrogens with one attached hydrogen (secondary N) is 1. The van der Waals surface area contributed by atoms with Crippen LogP contribution in [-0.4, -0.2) is 59.3 Å². The summed E-state index contributed by atoms with van der Waals surface area (Å²) in [6.07, 6.45) is 1.75. The molecule has 2 heterocycles. The number of aromatic hydroxyl groups is 1. The van der Waals surface area contributed by atoms with Crippen molar-refractivity contribution in [3.63, 3.8) is 0 Å². The fourth-order valence-corrected chi connectivity index (χ4v) is 3.71. The van der Waals surface area contributed by atoms with Gasteiger partial charge in [-0.3, -0.25) is 4.79 Å². The van der Waals surface area contributed by atoms with Gasteiger partial charge in [-0.15, -0.1) is 0 Å². The van der Waals surface area contributed by atoms with E-state index in [0.29, 0.717) is 53.5 Å². The van der Waals surface area contributed by atoms with Crippen molar-refractivity contribution in [2.45, 2.75) is 0 Å². The lowest BCUT2D eigenvalue weighted by Gasteiger charge is -2.27. The quantitative estimate of drug-likeness (QED) is 0.585. The van der Waals surface area contributed by atoms with Crippen molar-refractivity contribution < 1.29 is 19.4 Å². The molecule has 0 atom stereocenters. The molecule has 3 aromatic rings. The number of ether oxygens (including phenoxy) is 2. The highest BCUT2D eigenvalue weighted by atomic mass is 79.9. The summed E-state index contributed by atoms with van der Waals surface area (Å²) in [6.45, 7) is 2.08. The molecule has 1 aromatic heterocycles. The van der Waals surface area contributed by atoms with Gasteiger partial charge in [0.25, 0.3) is 5.91 Å². The number of carbonyl (C=O) groups excluding carboxylic acids is 1. The first-order valence-corrected chi connectivity index (χ1v) is 9.96. The molecule has 150 valence electrons. The third-order valence-corrected chi connectivity index (χ3v) is 5.36. The van der Waals surface area contributed by atoms with Crippen LogP contribution < -0.4 is 4.74 Å². The van der Waals surface area contributed by atoms with Crippen molar-refractivity contribution in [3.8, 4) is 11.5 Å². The van der Waals surface area contributed by atoms with Gasteiger partial charge >= 0.3 is 0 Å². The molecule has 0 spiro atoms. The van der Waals surface area contributed by atoms with E-state index in [2.05, 4.69) is 25.9 Å². The van der Waals surface area contributed by atoms with E-state index in [1.54, 1.807) is 23.1 Å². The summed E-state index contributed by atoms with van der Waals surface area (Å²) < 4.78 is 11.1. The number of nitrogens with zero attached hydrogens (tertiary/aromatic N) is 2. The Morgan fingerprint density at radius 2 is 2.07 bits per heavy atom. The van der Waals surface area contributed by atoms with Crippen LogP contribution in [0.25, 0.3) is 22.7 Å². The van der Waals surface area contributed by atoms with E-state index in [-0.39, 0.29) is 11.7 Å². The van der Waals surface area contributed by atoms with Crippen molar-refractivity contribution in [2.75, 3.05) is 33.4 Å². The Morgan fingerprint density at radius 1 is 1.31 bits per heavy atom. The number of morpholine rings is 1. The van der Waals surface area contributed by atoms with E-state index in [1.807, 2.05) is 24.3 Å². The fraction of sp³-hybridized carbons (Fsp3) is 0.238. The predicted octanol–water partition coefficient (Wildman–Crippen LogP) is 3.44. The molecule has 0 aliphatic carbocycles. The highest BCUT2D eigenvalue weighted by Crippen LogP contribution is 2.36. The Bertz CT molecular complexity index is 1050. The average molecular weight is 458 g/mol. The number of carbonyl (C=O) groups is 1. The van der Waals surface area contributed by atoms with Gasteiger partial charge in [-0.25, -0.2) is 4.98 Å². The summed E-state index contributed by atoms with van der Waals surface area (Å²) in [5.74, 6) is 0.684. The summed E-state index contributed by atoms with van der Waals surface area (Å²) in [4.78, 5) is 22.9. The second-order valence-corrected chi connectivity index (χ2v) is 7.47. The summed E-state index contributed by atoms with van der Waals surface area (Å²) in [5, 5.41) is 10.1. The van der Waals surface area contributed by atoms with Crippen molar-refractivity contribution in [3.05, 3.63) is 52.3 Å². The minimum Gasteiger partial charge on any atom is -0.503 e. The van der Waals surface area contributed by atoms with Crippen LogP contribution in [0.4, 0.5) is 0 Å². The highest BCUT2D eigenvalue weighted by Gasteiger charge is 2.24. The van der Waals surface area contributed by atoms with Crippen LogP contribution in [0, 0.1) is 0 Å². The maximum atomic E-state index is 13.3.